The molecule has 126 valence electrons. The predicted molar refractivity (Wildman–Crippen MR) is 105 cm³/mol. The van der Waals surface area contributed by atoms with Crippen molar-refractivity contribution in [1.29, 1.82) is 0 Å². The van der Waals surface area contributed by atoms with Crippen molar-refractivity contribution in [3.63, 3.8) is 0 Å². The lowest BCUT2D eigenvalue weighted by Crippen LogP contribution is -2.41. The standard InChI is InChI=1S/C24H25N/c1-3-10-22-18(6-1)8-5-9-20(22)16-25-15-14-24-21(17-25)13-12-19-7-2-4-11-23(19)24/h1-11,21,24H,12-17H2/t21-,24-/m1/s1. The molecule has 0 unspecified atom stereocenters. The van der Waals surface area contributed by atoms with Gasteiger partial charge < -0.3 is 0 Å². The molecule has 1 aliphatic heterocycles. The van der Waals surface area contributed by atoms with Crippen molar-refractivity contribution in [3.05, 3.63) is 83.4 Å². The van der Waals surface area contributed by atoms with Crippen LogP contribution in [0.5, 0.6) is 0 Å². The summed E-state index contributed by atoms with van der Waals surface area (Å²) in [4.78, 5) is 2.69. The van der Waals surface area contributed by atoms with Crippen molar-refractivity contribution in [3.8, 4) is 0 Å². The fourth-order valence-electron chi connectivity index (χ4n) is 5.09. The molecular weight excluding hydrogens is 302 g/mol. The molecule has 2 aliphatic rings. The van der Waals surface area contributed by atoms with E-state index >= 15 is 0 Å². The van der Waals surface area contributed by atoms with Crippen molar-refractivity contribution < 1.29 is 0 Å². The Hall–Kier alpha value is -2.12. The largest absolute Gasteiger partial charge is 0.299 e. The molecule has 1 heterocycles. The number of aryl methyl sites for hydroxylation is 1. The summed E-state index contributed by atoms with van der Waals surface area (Å²) in [5, 5.41) is 2.78. The summed E-state index contributed by atoms with van der Waals surface area (Å²) in [5.74, 6) is 1.62. The molecule has 25 heavy (non-hydrogen) atoms. The van der Waals surface area contributed by atoms with E-state index in [0.717, 1.165) is 18.4 Å². The normalized spacial score (nSPS) is 23.2. The second-order valence-corrected chi connectivity index (χ2v) is 7.77. The number of hydrogen-bond donors (Lipinski definition) is 0. The highest BCUT2D eigenvalue weighted by molar-refractivity contribution is 5.85. The average Bonchev–Trinajstić information content (AvgIpc) is 2.68. The van der Waals surface area contributed by atoms with E-state index in [4.69, 9.17) is 0 Å². The van der Waals surface area contributed by atoms with E-state index in [1.54, 1.807) is 11.1 Å². The van der Waals surface area contributed by atoms with Gasteiger partial charge in [-0.1, -0.05) is 66.7 Å². The Morgan fingerprint density at radius 1 is 0.840 bits per heavy atom. The number of benzene rings is 3. The molecule has 3 aromatic carbocycles. The van der Waals surface area contributed by atoms with Crippen LogP contribution in [-0.4, -0.2) is 18.0 Å². The molecule has 0 saturated carbocycles. The zero-order chi connectivity index (χ0) is 16.6. The van der Waals surface area contributed by atoms with E-state index < -0.39 is 0 Å². The van der Waals surface area contributed by atoms with Crippen LogP contribution in [0.25, 0.3) is 10.8 Å². The molecule has 2 atom stereocenters. The Balaban J connectivity index is 1.36. The Morgan fingerprint density at radius 2 is 1.68 bits per heavy atom. The van der Waals surface area contributed by atoms with Crippen LogP contribution in [0.15, 0.2) is 66.7 Å². The lowest BCUT2D eigenvalue weighted by Gasteiger charge is -2.42. The molecule has 3 aromatic rings. The number of nitrogens with zero attached hydrogens (tertiary/aromatic N) is 1. The Labute approximate surface area is 150 Å². The van der Waals surface area contributed by atoms with Crippen LogP contribution >= 0.6 is 0 Å². The van der Waals surface area contributed by atoms with Gasteiger partial charge in [-0.25, -0.2) is 0 Å². The maximum Gasteiger partial charge on any atom is 0.0240 e. The van der Waals surface area contributed by atoms with E-state index in [1.165, 1.54) is 48.7 Å². The van der Waals surface area contributed by atoms with Gasteiger partial charge in [0.05, 0.1) is 0 Å². The highest BCUT2D eigenvalue weighted by atomic mass is 15.1. The van der Waals surface area contributed by atoms with Crippen LogP contribution in [0.4, 0.5) is 0 Å². The van der Waals surface area contributed by atoms with Gasteiger partial charge in [0.25, 0.3) is 0 Å². The summed E-state index contributed by atoms with van der Waals surface area (Å²) in [6, 6.07) is 24.7. The summed E-state index contributed by atoms with van der Waals surface area (Å²) in [6.07, 6.45) is 3.93. The molecule has 0 radical (unpaired) electrons. The van der Waals surface area contributed by atoms with E-state index in [2.05, 4.69) is 71.6 Å². The van der Waals surface area contributed by atoms with Gasteiger partial charge in [-0.15, -0.1) is 0 Å². The molecule has 1 saturated heterocycles. The fraction of sp³-hybridized carbons (Fsp3) is 0.333. The molecular formula is C24H25N. The molecule has 1 fully saturated rings. The van der Waals surface area contributed by atoms with Crippen molar-refractivity contribution in [1.82, 2.24) is 4.90 Å². The fourth-order valence-corrected chi connectivity index (χ4v) is 5.09. The maximum absolute atomic E-state index is 2.69. The number of likely N-dealkylation sites (tertiary alicyclic amines) is 1. The van der Waals surface area contributed by atoms with E-state index in [9.17, 15) is 0 Å². The maximum atomic E-state index is 2.69. The SMILES string of the molecule is c1ccc2c(c1)CC[C@@H]1CN(Cc3cccc4ccccc34)CC[C@@H]21. The third kappa shape index (κ3) is 2.77. The quantitative estimate of drug-likeness (QED) is 0.610. The summed E-state index contributed by atoms with van der Waals surface area (Å²) in [5.41, 5.74) is 4.72. The van der Waals surface area contributed by atoms with E-state index in [1.807, 2.05) is 0 Å². The second kappa shape index (κ2) is 6.31. The summed E-state index contributed by atoms with van der Waals surface area (Å²) in [6.45, 7) is 3.56. The van der Waals surface area contributed by atoms with Gasteiger partial charge in [0.15, 0.2) is 0 Å². The van der Waals surface area contributed by atoms with Crippen LogP contribution in [0.3, 0.4) is 0 Å². The second-order valence-electron chi connectivity index (χ2n) is 7.77. The Morgan fingerprint density at radius 3 is 2.68 bits per heavy atom. The van der Waals surface area contributed by atoms with Crippen LogP contribution in [0, 0.1) is 5.92 Å². The first-order chi connectivity index (χ1) is 12.4. The van der Waals surface area contributed by atoms with Crippen LogP contribution in [0.1, 0.15) is 35.4 Å². The minimum atomic E-state index is 0.786. The molecule has 0 amide bonds. The predicted octanol–water partition coefficient (Wildman–Crippen LogP) is 5.39. The lowest BCUT2D eigenvalue weighted by atomic mass is 9.71. The van der Waals surface area contributed by atoms with Crippen LogP contribution in [-0.2, 0) is 13.0 Å². The minimum Gasteiger partial charge on any atom is -0.299 e. The van der Waals surface area contributed by atoms with Gasteiger partial charge in [0.1, 0.15) is 0 Å². The highest BCUT2D eigenvalue weighted by Gasteiger charge is 2.34. The van der Waals surface area contributed by atoms with Gasteiger partial charge in [0, 0.05) is 13.1 Å². The molecule has 0 bridgehead atoms. The molecule has 0 N–H and O–H groups in total. The third-order valence-corrected chi connectivity index (χ3v) is 6.33. The van der Waals surface area contributed by atoms with Gasteiger partial charge in [0.2, 0.25) is 0 Å². The Bertz CT molecular complexity index is 892. The summed E-state index contributed by atoms with van der Waals surface area (Å²) >= 11 is 0. The zero-order valence-electron chi connectivity index (χ0n) is 14.7. The Kier molecular flexibility index (Phi) is 3.83. The summed E-state index contributed by atoms with van der Waals surface area (Å²) < 4.78 is 0. The highest BCUT2D eigenvalue weighted by Crippen LogP contribution is 2.41. The van der Waals surface area contributed by atoms with Gasteiger partial charge in [-0.05, 0) is 65.1 Å². The molecule has 1 heteroatoms. The van der Waals surface area contributed by atoms with Gasteiger partial charge >= 0.3 is 0 Å². The van der Waals surface area contributed by atoms with Crippen molar-refractivity contribution >= 4 is 10.8 Å². The first kappa shape index (κ1) is 15.2. The number of rotatable bonds is 2. The van der Waals surface area contributed by atoms with Crippen molar-refractivity contribution in [2.75, 3.05) is 13.1 Å². The number of fused-ring (bicyclic) bond motifs is 4. The average molecular weight is 327 g/mol. The number of piperidine rings is 1. The summed E-state index contributed by atoms with van der Waals surface area (Å²) in [7, 11) is 0. The van der Waals surface area contributed by atoms with Gasteiger partial charge in [-0.3, -0.25) is 4.90 Å². The first-order valence-corrected chi connectivity index (χ1v) is 9.65. The smallest absolute Gasteiger partial charge is 0.0240 e. The molecule has 0 aromatic heterocycles. The van der Waals surface area contributed by atoms with Crippen LogP contribution in [0.2, 0.25) is 0 Å². The molecule has 1 aliphatic carbocycles. The van der Waals surface area contributed by atoms with Gasteiger partial charge in [-0.2, -0.15) is 0 Å². The van der Waals surface area contributed by atoms with E-state index in [-0.39, 0.29) is 0 Å². The topological polar surface area (TPSA) is 3.24 Å². The van der Waals surface area contributed by atoms with Crippen molar-refractivity contribution in [2.24, 2.45) is 5.92 Å². The molecule has 0 spiro atoms. The van der Waals surface area contributed by atoms with Crippen molar-refractivity contribution in [2.45, 2.75) is 31.7 Å². The number of hydrogen-bond acceptors (Lipinski definition) is 1. The van der Waals surface area contributed by atoms with Crippen LogP contribution < -0.4 is 0 Å². The third-order valence-electron chi connectivity index (χ3n) is 6.33. The molecule has 1 nitrogen and oxygen atoms in total. The first-order valence-electron chi connectivity index (χ1n) is 9.65. The molecule has 5 rings (SSSR count). The van der Waals surface area contributed by atoms with E-state index in [0.29, 0.717) is 0 Å². The monoisotopic (exact) mass is 327 g/mol. The lowest BCUT2D eigenvalue weighted by molar-refractivity contribution is 0.135. The zero-order valence-corrected chi connectivity index (χ0v) is 14.7. The minimum absolute atomic E-state index is 0.786.